The van der Waals surface area contributed by atoms with Crippen LogP contribution in [0, 0.1) is 5.82 Å². The zero-order chi connectivity index (χ0) is 21.6. The Morgan fingerprint density at radius 1 is 1.10 bits per heavy atom. The predicted molar refractivity (Wildman–Crippen MR) is 118 cm³/mol. The average Bonchev–Trinajstić information content (AvgIpc) is 3.47. The molecule has 7 heteroatoms. The molecule has 5 rings (SSSR count). The van der Waals surface area contributed by atoms with Crippen molar-refractivity contribution in [2.75, 3.05) is 0 Å². The van der Waals surface area contributed by atoms with Crippen molar-refractivity contribution in [1.82, 2.24) is 9.97 Å². The van der Waals surface area contributed by atoms with Crippen LogP contribution in [-0.4, -0.2) is 27.1 Å². The number of hydrogen-bond donors (Lipinski definition) is 2. The van der Waals surface area contributed by atoms with Gasteiger partial charge in [-0.1, -0.05) is 59.9 Å². The van der Waals surface area contributed by atoms with Crippen molar-refractivity contribution in [3.8, 4) is 10.6 Å². The van der Waals surface area contributed by atoms with Crippen LogP contribution < -0.4 is 5.73 Å². The summed E-state index contributed by atoms with van der Waals surface area (Å²) in [5.41, 5.74) is 8.95. The highest BCUT2D eigenvalue weighted by Gasteiger charge is 2.39. The molecule has 1 aliphatic rings. The lowest BCUT2D eigenvalue weighted by atomic mass is 9.89. The summed E-state index contributed by atoms with van der Waals surface area (Å²) >= 11 is 1.33. The van der Waals surface area contributed by atoms with Crippen LogP contribution in [0.15, 0.2) is 72.8 Å². The van der Waals surface area contributed by atoms with E-state index in [9.17, 15) is 9.18 Å². The van der Waals surface area contributed by atoms with Gasteiger partial charge >= 0.3 is 5.97 Å². The van der Waals surface area contributed by atoms with Crippen molar-refractivity contribution in [1.29, 1.82) is 0 Å². The molecule has 0 fully saturated rings. The van der Waals surface area contributed by atoms with Crippen LogP contribution in [0.2, 0.25) is 0 Å². The van der Waals surface area contributed by atoms with Crippen molar-refractivity contribution >= 4 is 27.7 Å². The van der Waals surface area contributed by atoms with Crippen molar-refractivity contribution in [2.24, 2.45) is 5.73 Å². The second-order valence-electron chi connectivity index (χ2n) is 7.57. The molecule has 1 unspecified atom stereocenters. The van der Waals surface area contributed by atoms with E-state index in [4.69, 9.17) is 15.8 Å². The summed E-state index contributed by atoms with van der Waals surface area (Å²) in [6.45, 7) is 0. The fourth-order valence-corrected chi connectivity index (χ4v) is 4.64. The van der Waals surface area contributed by atoms with Crippen LogP contribution in [-0.2, 0) is 16.6 Å². The molecule has 4 aromatic rings. The Balaban J connectivity index is 1.47. The summed E-state index contributed by atoms with van der Waals surface area (Å²) in [4.78, 5) is 21.1. The molecule has 5 nitrogen and oxygen atoms in total. The minimum atomic E-state index is -1.11. The van der Waals surface area contributed by atoms with E-state index >= 15 is 0 Å². The SMILES string of the molecule is NC(Cc1ccc(-c2nc3ccc(C4(c5ccccc5)C=C4)nc3s2)c(F)c1)C(=O)O. The van der Waals surface area contributed by atoms with E-state index in [-0.39, 0.29) is 11.8 Å². The highest BCUT2D eigenvalue weighted by atomic mass is 32.1. The molecule has 2 heterocycles. The first-order chi connectivity index (χ1) is 15.0. The number of halogens is 1. The normalized spacial score (nSPS) is 15.2. The van der Waals surface area contributed by atoms with E-state index in [1.807, 2.05) is 30.3 Å². The lowest BCUT2D eigenvalue weighted by molar-refractivity contribution is -0.138. The molecule has 154 valence electrons. The Morgan fingerprint density at radius 3 is 2.55 bits per heavy atom. The second-order valence-corrected chi connectivity index (χ2v) is 8.55. The van der Waals surface area contributed by atoms with Crippen LogP contribution >= 0.6 is 11.3 Å². The first kappa shape index (κ1) is 19.5. The molecule has 0 radical (unpaired) electrons. The maximum Gasteiger partial charge on any atom is 0.320 e. The molecule has 2 aromatic heterocycles. The van der Waals surface area contributed by atoms with Crippen molar-refractivity contribution in [3.63, 3.8) is 0 Å². The van der Waals surface area contributed by atoms with E-state index in [0.29, 0.717) is 21.7 Å². The van der Waals surface area contributed by atoms with Crippen LogP contribution in [0.25, 0.3) is 20.9 Å². The Morgan fingerprint density at radius 2 is 1.87 bits per heavy atom. The second kappa shape index (κ2) is 7.37. The van der Waals surface area contributed by atoms with Gasteiger partial charge in [-0.3, -0.25) is 4.79 Å². The lowest BCUT2D eigenvalue weighted by Gasteiger charge is -2.15. The molecule has 0 bridgehead atoms. The summed E-state index contributed by atoms with van der Waals surface area (Å²) in [7, 11) is 0. The minimum absolute atomic E-state index is 0.0614. The van der Waals surface area contributed by atoms with Gasteiger partial charge in [-0.25, -0.2) is 14.4 Å². The number of rotatable bonds is 6. The highest BCUT2D eigenvalue weighted by molar-refractivity contribution is 7.21. The Bertz CT molecular complexity index is 1330. The first-order valence-electron chi connectivity index (χ1n) is 9.77. The van der Waals surface area contributed by atoms with Gasteiger partial charge in [-0.15, -0.1) is 0 Å². The molecule has 1 aliphatic carbocycles. The standard InChI is InChI=1S/C24H18FN3O2S/c25-17-12-14(13-18(26)23(29)30)6-7-16(17)21-27-19-8-9-20(28-22(19)31-21)24(10-11-24)15-4-2-1-3-5-15/h1-12,18H,13,26H2,(H,29,30). The number of carbonyl (C=O) groups is 1. The molecule has 0 aliphatic heterocycles. The topological polar surface area (TPSA) is 89.1 Å². The quantitative estimate of drug-likeness (QED) is 0.444. The predicted octanol–water partition coefficient (Wildman–Crippen LogP) is 4.31. The van der Waals surface area contributed by atoms with E-state index in [2.05, 4.69) is 29.3 Å². The number of thiazole rings is 1. The molecular weight excluding hydrogens is 413 g/mol. The molecule has 0 amide bonds. The summed E-state index contributed by atoms with van der Waals surface area (Å²) in [5, 5.41) is 9.48. The van der Waals surface area contributed by atoms with Gasteiger partial charge in [-0.05, 0) is 41.8 Å². The van der Waals surface area contributed by atoms with Gasteiger partial charge in [0.05, 0.1) is 11.1 Å². The fraction of sp³-hybridized carbons (Fsp3) is 0.125. The molecule has 31 heavy (non-hydrogen) atoms. The van der Waals surface area contributed by atoms with Crippen molar-refractivity contribution in [3.05, 3.63) is 95.5 Å². The number of nitrogens with zero attached hydrogens (tertiary/aromatic N) is 2. The number of carboxylic acid groups (broad SMARTS) is 1. The van der Waals surface area contributed by atoms with Gasteiger partial charge in [0.2, 0.25) is 0 Å². The van der Waals surface area contributed by atoms with Gasteiger partial charge < -0.3 is 10.8 Å². The number of aromatic nitrogens is 2. The third-order valence-corrected chi connectivity index (χ3v) is 6.47. The molecule has 2 aromatic carbocycles. The molecule has 0 spiro atoms. The number of pyridine rings is 1. The largest absolute Gasteiger partial charge is 0.480 e. The van der Waals surface area contributed by atoms with Crippen LogP contribution in [0.3, 0.4) is 0 Å². The van der Waals surface area contributed by atoms with Crippen LogP contribution in [0.1, 0.15) is 16.8 Å². The Labute approximate surface area is 181 Å². The van der Waals surface area contributed by atoms with E-state index < -0.39 is 17.8 Å². The number of carboxylic acids is 1. The molecule has 0 saturated heterocycles. The Kier molecular flexibility index (Phi) is 4.64. The maximum atomic E-state index is 14.8. The first-order valence-corrected chi connectivity index (χ1v) is 10.6. The highest BCUT2D eigenvalue weighted by Crippen LogP contribution is 2.45. The van der Waals surface area contributed by atoms with Crippen LogP contribution in [0.4, 0.5) is 4.39 Å². The number of fused-ring (bicyclic) bond motifs is 1. The third-order valence-electron chi connectivity index (χ3n) is 5.47. The number of hydrogen-bond acceptors (Lipinski definition) is 5. The molecule has 3 N–H and O–H groups in total. The van der Waals surface area contributed by atoms with E-state index in [1.165, 1.54) is 17.4 Å². The van der Waals surface area contributed by atoms with Gasteiger partial charge in [0.25, 0.3) is 0 Å². The summed E-state index contributed by atoms with van der Waals surface area (Å²) in [5.74, 6) is -1.57. The van der Waals surface area contributed by atoms with Gasteiger partial charge in [-0.2, -0.15) is 0 Å². The minimum Gasteiger partial charge on any atom is -0.480 e. The smallest absolute Gasteiger partial charge is 0.320 e. The molecule has 1 atom stereocenters. The Hall–Kier alpha value is -3.42. The van der Waals surface area contributed by atoms with Crippen molar-refractivity contribution < 1.29 is 14.3 Å². The van der Waals surface area contributed by atoms with Gasteiger partial charge in [0.15, 0.2) is 0 Å². The number of benzene rings is 2. The number of aliphatic carboxylic acids is 1. The van der Waals surface area contributed by atoms with E-state index in [0.717, 1.165) is 16.1 Å². The zero-order valence-electron chi connectivity index (χ0n) is 16.3. The van der Waals surface area contributed by atoms with Crippen molar-refractivity contribution in [2.45, 2.75) is 17.9 Å². The van der Waals surface area contributed by atoms with Crippen LogP contribution in [0.5, 0.6) is 0 Å². The number of nitrogens with two attached hydrogens (primary N) is 1. The lowest BCUT2D eigenvalue weighted by Crippen LogP contribution is -2.32. The fourth-order valence-electron chi connectivity index (χ4n) is 3.67. The summed E-state index contributed by atoms with van der Waals surface area (Å²) < 4.78 is 14.8. The summed E-state index contributed by atoms with van der Waals surface area (Å²) in [6.07, 6.45) is 4.31. The van der Waals surface area contributed by atoms with Gasteiger partial charge in [0.1, 0.15) is 27.2 Å². The molecule has 0 saturated carbocycles. The summed E-state index contributed by atoms with van der Waals surface area (Å²) in [6, 6.07) is 17.6. The number of allylic oxidation sites excluding steroid dienone is 2. The molecular formula is C24H18FN3O2S. The van der Waals surface area contributed by atoms with Gasteiger partial charge in [0, 0.05) is 5.56 Å². The maximum absolute atomic E-state index is 14.8. The monoisotopic (exact) mass is 431 g/mol. The zero-order valence-corrected chi connectivity index (χ0v) is 17.1. The average molecular weight is 431 g/mol. The van der Waals surface area contributed by atoms with E-state index in [1.54, 1.807) is 12.1 Å². The third kappa shape index (κ3) is 3.52.